The number of hydrogen-bond acceptors (Lipinski definition) is 5. The van der Waals surface area contributed by atoms with Crippen molar-refractivity contribution in [2.75, 3.05) is 6.54 Å². The van der Waals surface area contributed by atoms with Crippen molar-refractivity contribution in [1.29, 1.82) is 0 Å². The first kappa shape index (κ1) is 14.5. The van der Waals surface area contributed by atoms with Crippen molar-refractivity contribution in [3.05, 3.63) is 46.8 Å². The van der Waals surface area contributed by atoms with Gasteiger partial charge in [0.1, 0.15) is 5.82 Å². The van der Waals surface area contributed by atoms with E-state index in [4.69, 9.17) is 4.98 Å². The van der Waals surface area contributed by atoms with Crippen LogP contribution in [0.2, 0.25) is 0 Å². The maximum atomic E-state index is 12.4. The van der Waals surface area contributed by atoms with Crippen molar-refractivity contribution >= 4 is 0 Å². The molecule has 120 valence electrons. The Bertz CT molecular complexity index is 758. The van der Waals surface area contributed by atoms with Gasteiger partial charge in [0.2, 0.25) is 0 Å². The van der Waals surface area contributed by atoms with Gasteiger partial charge in [-0.1, -0.05) is 0 Å². The highest BCUT2D eigenvalue weighted by Crippen LogP contribution is 2.41. The predicted molar refractivity (Wildman–Crippen MR) is 87.5 cm³/mol. The van der Waals surface area contributed by atoms with Gasteiger partial charge in [-0.05, 0) is 37.8 Å². The molecule has 4 rings (SSSR count). The van der Waals surface area contributed by atoms with Crippen molar-refractivity contribution in [2.45, 2.75) is 31.8 Å². The van der Waals surface area contributed by atoms with E-state index in [0.717, 1.165) is 36.5 Å². The standard InChI is InChI=1S/C17H21N5O/c1-11-9-13-5-8-22(20-11)16(13)17-19-14(10-15(23)21(17)2)12-3-6-18-7-4-12/h3-4,6-7,10-11,13,16,20H,5,8-9H2,1-2H3. The van der Waals surface area contributed by atoms with Gasteiger partial charge in [0.15, 0.2) is 0 Å². The molecule has 6 heteroatoms. The normalized spacial score (nSPS) is 29.7. The summed E-state index contributed by atoms with van der Waals surface area (Å²) in [6.07, 6.45) is 5.73. The molecule has 0 amide bonds. The Labute approximate surface area is 135 Å². The highest BCUT2D eigenvalue weighted by molar-refractivity contribution is 5.57. The summed E-state index contributed by atoms with van der Waals surface area (Å²) in [7, 11) is 1.82. The zero-order chi connectivity index (χ0) is 16.0. The molecule has 6 nitrogen and oxygen atoms in total. The SMILES string of the molecule is CC1CC2CCN(N1)C2c1nc(-c2ccncc2)cc(=O)n1C. The lowest BCUT2D eigenvalue weighted by molar-refractivity contribution is 0.0730. The van der Waals surface area contributed by atoms with Gasteiger partial charge in [0.05, 0.1) is 11.7 Å². The number of rotatable bonds is 2. The van der Waals surface area contributed by atoms with E-state index in [-0.39, 0.29) is 11.6 Å². The van der Waals surface area contributed by atoms with Crippen LogP contribution in [0.5, 0.6) is 0 Å². The molecule has 2 aliphatic heterocycles. The quantitative estimate of drug-likeness (QED) is 0.911. The molecule has 2 saturated heterocycles. The number of nitrogens with zero attached hydrogens (tertiary/aromatic N) is 4. The molecule has 2 aromatic heterocycles. The monoisotopic (exact) mass is 311 g/mol. The van der Waals surface area contributed by atoms with Crippen LogP contribution in [0, 0.1) is 5.92 Å². The van der Waals surface area contributed by atoms with Gasteiger partial charge in [-0.3, -0.25) is 19.8 Å². The molecule has 4 atom stereocenters. The number of aromatic nitrogens is 3. The third-order valence-electron chi connectivity index (χ3n) is 4.98. The summed E-state index contributed by atoms with van der Waals surface area (Å²) in [5.41, 5.74) is 5.17. The zero-order valence-corrected chi connectivity index (χ0v) is 13.4. The van der Waals surface area contributed by atoms with Crippen LogP contribution in [0.25, 0.3) is 11.3 Å². The predicted octanol–water partition coefficient (Wildman–Crippen LogP) is 1.50. The number of pyridine rings is 1. The molecule has 23 heavy (non-hydrogen) atoms. The van der Waals surface area contributed by atoms with E-state index >= 15 is 0 Å². The first-order chi connectivity index (χ1) is 11.1. The molecular formula is C17H21N5O. The van der Waals surface area contributed by atoms with E-state index in [2.05, 4.69) is 22.3 Å². The van der Waals surface area contributed by atoms with Gasteiger partial charge < -0.3 is 0 Å². The maximum Gasteiger partial charge on any atom is 0.253 e. The molecule has 2 aliphatic rings. The second-order valence-electron chi connectivity index (χ2n) is 6.59. The number of hydrazine groups is 1. The molecule has 2 bridgehead atoms. The lowest BCUT2D eigenvalue weighted by Gasteiger charge is -2.37. The Morgan fingerprint density at radius 3 is 2.83 bits per heavy atom. The van der Waals surface area contributed by atoms with Crippen molar-refractivity contribution in [3.63, 3.8) is 0 Å². The van der Waals surface area contributed by atoms with Crippen LogP contribution in [0.15, 0.2) is 35.4 Å². The summed E-state index contributed by atoms with van der Waals surface area (Å²) < 4.78 is 1.69. The molecule has 2 aromatic rings. The third kappa shape index (κ3) is 2.48. The smallest absolute Gasteiger partial charge is 0.253 e. The minimum atomic E-state index is -0.0129. The first-order valence-corrected chi connectivity index (χ1v) is 8.14. The van der Waals surface area contributed by atoms with Crippen LogP contribution in [-0.2, 0) is 7.05 Å². The molecule has 0 radical (unpaired) electrons. The summed E-state index contributed by atoms with van der Waals surface area (Å²) in [5, 5.41) is 2.26. The van der Waals surface area contributed by atoms with Crippen LogP contribution in [-0.4, -0.2) is 32.1 Å². The third-order valence-corrected chi connectivity index (χ3v) is 4.98. The van der Waals surface area contributed by atoms with Crippen molar-refractivity contribution in [1.82, 2.24) is 25.0 Å². The average molecular weight is 311 g/mol. The number of hydrogen-bond donors (Lipinski definition) is 1. The summed E-state index contributed by atoms with van der Waals surface area (Å²) in [6, 6.07) is 6.04. The Kier molecular flexibility index (Phi) is 3.50. The topological polar surface area (TPSA) is 63.0 Å². The Balaban J connectivity index is 1.80. The molecule has 2 fully saturated rings. The van der Waals surface area contributed by atoms with E-state index in [0.29, 0.717) is 12.0 Å². The molecule has 1 N–H and O–H groups in total. The van der Waals surface area contributed by atoms with Gasteiger partial charge in [-0.2, -0.15) is 0 Å². The molecule has 0 saturated carbocycles. The molecule has 4 heterocycles. The lowest BCUT2D eigenvalue weighted by atomic mass is 9.91. The van der Waals surface area contributed by atoms with Gasteiger partial charge >= 0.3 is 0 Å². The summed E-state index contributed by atoms with van der Waals surface area (Å²) in [4.78, 5) is 21.3. The number of nitrogens with one attached hydrogen (secondary N) is 1. The fourth-order valence-electron chi connectivity index (χ4n) is 3.88. The van der Waals surface area contributed by atoms with Gasteiger partial charge in [-0.15, -0.1) is 0 Å². The van der Waals surface area contributed by atoms with Gasteiger partial charge in [0, 0.05) is 43.7 Å². The summed E-state index contributed by atoms with van der Waals surface area (Å²) >= 11 is 0. The zero-order valence-electron chi connectivity index (χ0n) is 13.4. The summed E-state index contributed by atoms with van der Waals surface area (Å²) in [6.45, 7) is 3.22. The van der Waals surface area contributed by atoms with Crippen LogP contribution in [0.4, 0.5) is 0 Å². The largest absolute Gasteiger partial charge is 0.298 e. The minimum Gasteiger partial charge on any atom is -0.298 e. The molecule has 0 spiro atoms. The van der Waals surface area contributed by atoms with E-state index in [1.807, 2.05) is 19.2 Å². The maximum absolute atomic E-state index is 12.4. The fraction of sp³-hybridized carbons (Fsp3) is 0.471. The Morgan fingerprint density at radius 1 is 1.30 bits per heavy atom. The molecule has 4 unspecified atom stereocenters. The first-order valence-electron chi connectivity index (χ1n) is 8.14. The fourth-order valence-corrected chi connectivity index (χ4v) is 3.88. The van der Waals surface area contributed by atoms with Crippen LogP contribution < -0.4 is 11.0 Å². The van der Waals surface area contributed by atoms with Crippen LogP contribution in [0.1, 0.15) is 31.6 Å². The second kappa shape index (κ2) is 5.54. The highest BCUT2D eigenvalue weighted by atomic mass is 16.1. The lowest BCUT2D eigenvalue weighted by Crippen LogP contribution is -2.49. The molecule has 0 aromatic carbocycles. The Hall–Kier alpha value is -2.05. The molecule has 0 aliphatic carbocycles. The number of fused-ring (bicyclic) bond motifs is 2. The van der Waals surface area contributed by atoms with Crippen LogP contribution >= 0.6 is 0 Å². The second-order valence-corrected chi connectivity index (χ2v) is 6.59. The summed E-state index contributed by atoms with van der Waals surface area (Å²) in [5.74, 6) is 1.41. The van der Waals surface area contributed by atoms with E-state index in [1.54, 1.807) is 23.0 Å². The average Bonchev–Trinajstić information content (AvgIpc) is 2.82. The van der Waals surface area contributed by atoms with E-state index in [1.165, 1.54) is 0 Å². The van der Waals surface area contributed by atoms with E-state index < -0.39 is 0 Å². The minimum absolute atomic E-state index is 0.0129. The van der Waals surface area contributed by atoms with Gasteiger partial charge in [-0.25, -0.2) is 9.99 Å². The van der Waals surface area contributed by atoms with Gasteiger partial charge in [0.25, 0.3) is 5.56 Å². The van der Waals surface area contributed by atoms with Crippen molar-refractivity contribution in [2.24, 2.45) is 13.0 Å². The van der Waals surface area contributed by atoms with Crippen molar-refractivity contribution in [3.8, 4) is 11.3 Å². The van der Waals surface area contributed by atoms with E-state index in [9.17, 15) is 4.79 Å². The molecular weight excluding hydrogens is 290 g/mol. The highest BCUT2D eigenvalue weighted by Gasteiger charge is 2.42. The van der Waals surface area contributed by atoms with Crippen LogP contribution in [0.3, 0.4) is 0 Å². The van der Waals surface area contributed by atoms with Crippen molar-refractivity contribution < 1.29 is 0 Å². The Morgan fingerprint density at radius 2 is 2.09 bits per heavy atom.